The zero-order chi connectivity index (χ0) is 12.1. The van der Waals surface area contributed by atoms with Crippen molar-refractivity contribution in [3.63, 3.8) is 0 Å². The standard InChI is InChI=1S/C16H24O/c1-2-3-4-13-5-7-14(8-6-13)15-9-11-16(17)12-10-15/h9-14,17H,2-8H2,1H3/t13-,14-. The first kappa shape index (κ1) is 12.5. The minimum absolute atomic E-state index is 0.380. The van der Waals surface area contributed by atoms with E-state index >= 15 is 0 Å². The van der Waals surface area contributed by atoms with Crippen LogP contribution in [-0.4, -0.2) is 5.11 Å². The smallest absolute Gasteiger partial charge is 0.115 e. The average molecular weight is 232 g/mol. The topological polar surface area (TPSA) is 20.2 Å². The van der Waals surface area contributed by atoms with Crippen LogP contribution in [-0.2, 0) is 0 Å². The molecule has 94 valence electrons. The van der Waals surface area contributed by atoms with E-state index in [4.69, 9.17) is 0 Å². The highest BCUT2D eigenvalue weighted by Crippen LogP contribution is 2.37. The second-order valence-corrected chi connectivity index (χ2v) is 5.45. The molecule has 0 heterocycles. The van der Waals surface area contributed by atoms with Crippen molar-refractivity contribution in [3.05, 3.63) is 29.8 Å². The Hall–Kier alpha value is -0.980. The monoisotopic (exact) mass is 232 g/mol. The number of aromatic hydroxyl groups is 1. The largest absolute Gasteiger partial charge is 0.508 e. The third-order valence-electron chi connectivity index (χ3n) is 4.18. The molecule has 2 rings (SSSR count). The molecule has 0 amide bonds. The molecule has 1 N–H and O–H groups in total. The summed E-state index contributed by atoms with van der Waals surface area (Å²) in [5.41, 5.74) is 1.41. The summed E-state index contributed by atoms with van der Waals surface area (Å²) in [4.78, 5) is 0. The summed E-state index contributed by atoms with van der Waals surface area (Å²) in [5.74, 6) is 2.09. The van der Waals surface area contributed by atoms with Crippen LogP contribution in [0.25, 0.3) is 0 Å². The maximum Gasteiger partial charge on any atom is 0.115 e. The van der Waals surface area contributed by atoms with Crippen LogP contribution in [0.5, 0.6) is 5.75 Å². The summed E-state index contributed by atoms with van der Waals surface area (Å²) in [6, 6.07) is 7.82. The highest BCUT2D eigenvalue weighted by Gasteiger charge is 2.21. The van der Waals surface area contributed by atoms with E-state index in [0.717, 1.165) is 11.8 Å². The number of hydrogen-bond donors (Lipinski definition) is 1. The first-order chi connectivity index (χ1) is 8.29. The van der Waals surface area contributed by atoms with Crippen LogP contribution < -0.4 is 0 Å². The van der Waals surface area contributed by atoms with Crippen molar-refractivity contribution >= 4 is 0 Å². The molecule has 0 radical (unpaired) electrons. The van der Waals surface area contributed by atoms with E-state index in [1.54, 1.807) is 0 Å². The Morgan fingerprint density at radius 2 is 1.71 bits per heavy atom. The summed E-state index contributed by atoms with van der Waals surface area (Å²) in [6.45, 7) is 2.28. The van der Waals surface area contributed by atoms with Crippen LogP contribution in [0.2, 0.25) is 0 Å². The normalized spacial score (nSPS) is 24.8. The van der Waals surface area contributed by atoms with Crippen LogP contribution in [0.4, 0.5) is 0 Å². The zero-order valence-electron chi connectivity index (χ0n) is 10.9. The van der Waals surface area contributed by atoms with Gasteiger partial charge in [0, 0.05) is 0 Å². The van der Waals surface area contributed by atoms with Gasteiger partial charge in [0.15, 0.2) is 0 Å². The molecular formula is C16H24O. The summed E-state index contributed by atoms with van der Waals surface area (Å²) >= 11 is 0. The summed E-state index contributed by atoms with van der Waals surface area (Å²) in [7, 11) is 0. The van der Waals surface area contributed by atoms with Gasteiger partial charge in [0.1, 0.15) is 5.75 Å². The first-order valence-electron chi connectivity index (χ1n) is 7.08. The van der Waals surface area contributed by atoms with Crippen molar-refractivity contribution in [3.8, 4) is 5.75 Å². The molecule has 1 heteroatoms. The van der Waals surface area contributed by atoms with Gasteiger partial charge in [0.2, 0.25) is 0 Å². The minimum Gasteiger partial charge on any atom is -0.508 e. The summed E-state index contributed by atoms with van der Waals surface area (Å²) < 4.78 is 0. The number of hydrogen-bond acceptors (Lipinski definition) is 1. The number of phenolic OH excluding ortho intramolecular Hbond substituents is 1. The van der Waals surface area contributed by atoms with Crippen molar-refractivity contribution in [2.24, 2.45) is 5.92 Å². The third-order valence-corrected chi connectivity index (χ3v) is 4.18. The van der Waals surface area contributed by atoms with Gasteiger partial charge < -0.3 is 5.11 Å². The van der Waals surface area contributed by atoms with Gasteiger partial charge in [0.05, 0.1) is 0 Å². The lowest BCUT2D eigenvalue weighted by atomic mass is 9.77. The molecular weight excluding hydrogens is 208 g/mol. The minimum atomic E-state index is 0.380. The number of benzene rings is 1. The molecule has 0 saturated heterocycles. The molecule has 1 aliphatic rings. The zero-order valence-corrected chi connectivity index (χ0v) is 10.9. The van der Waals surface area contributed by atoms with Crippen molar-refractivity contribution in [1.29, 1.82) is 0 Å². The van der Waals surface area contributed by atoms with Gasteiger partial charge in [-0.25, -0.2) is 0 Å². The molecule has 0 spiro atoms. The van der Waals surface area contributed by atoms with Crippen molar-refractivity contribution < 1.29 is 5.11 Å². The van der Waals surface area contributed by atoms with E-state index in [1.165, 1.54) is 50.5 Å². The average Bonchev–Trinajstić information content (AvgIpc) is 2.38. The van der Waals surface area contributed by atoms with E-state index in [1.807, 2.05) is 12.1 Å². The van der Waals surface area contributed by atoms with Crippen LogP contribution in [0.15, 0.2) is 24.3 Å². The fourth-order valence-corrected chi connectivity index (χ4v) is 3.02. The van der Waals surface area contributed by atoms with E-state index in [-0.39, 0.29) is 0 Å². The molecule has 0 unspecified atom stereocenters. The molecule has 1 aliphatic carbocycles. The molecule has 0 aliphatic heterocycles. The molecule has 0 bridgehead atoms. The molecule has 1 fully saturated rings. The van der Waals surface area contributed by atoms with Gasteiger partial charge in [-0.05, 0) is 55.2 Å². The van der Waals surface area contributed by atoms with Gasteiger partial charge in [-0.1, -0.05) is 38.3 Å². The Morgan fingerprint density at radius 3 is 2.29 bits per heavy atom. The van der Waals surface area contributed by atoms with Gasteiger partial charge in [0.25, 0.3) is 0 Å². The van der Waals surface area contributed by atoms with Crippen molar-refractivity contribution in [2.45, 2.75) is 57.8 Å². The Kier molecular flexibility index (Phi) is 4.47. The highest BCUT2D eigenvalue weighted by atomic mass is 16.3. The fourth-order valence-electron chi connectivity index (χ4n) is 3.02. The first-order valence-corrected chi connectivity index (χ1v) is 7.08. The number of phenols is 1. The maximum atomic E-state index is 9.29. The van der Waals surface area contributed by atoms with E-state index in [0.29, 0.717) is 5.75 Å². The molecule has 1 nitrogen and oxygen atoms in total. The van der Waals surface area contributed by atoms with E-state index < -0.39 is 0 Å². The van der Waals surface area contributed by atoms with Crippen LogP contribution in [0.3, 0.4) is 0 Å². The SMILES string of the molecule is CCCC[C@H]1CC[C@H](c2ccc(O)cc2)CC1. The predicted octanol–water partition coefficient (Wildman–Crippen LogP) is 4.86. The van der Waals surface area contributed by atoms with E-state index in [2.05, 4.69) is 19.1 Å². The van der Waals surface area contributed by atoms with Gasteiger partial charge in [-0.15, -0.1) is 0 Å². The molecule has 0 aromatic heterocycles. The van der Waals surface area contributed by atoms with Crippen molar-refractivity contribution in [2.75, 3.05) is 0 Å². The van der Waals surface area contributed by atoms with Gasteiger partial charge in [-0.3, -0.25) is 0 Å². The van der Waals surface area contributed by atoms with Crippen LogP contribution in [0, 0.1) is 5.92 Å². The molecule has 1 aromatic carbocycles. The van der Waals surface area contributed by atoms with Gasteiger partial charge in [-0.2, -0.15) is 0 Å². The van der Waals surface area contributed by atoms with Crippen LogP contribution in [0.1, 0.15) is 63.4 Å². The summed E-state index contributed by atoms with van der Waals surface area (Å²) in [6.07, 6.45) is 9.61. The summed E-state index contributed by atoms with van der Waals surface area (Å²) in [5, 5.41) is 9.29. The second-order valence-electron chi connectivity index (χ2n) is 5.45. The number of unbranched alkanes of at least 4 members (excludes halogenated alkanes) is 1. The molecule has 0 atom stereocenters. The maximum absolute atomic E-state index is 9.29. The Labute approximate surface area is 105 Å². The Bertz CT molecular complexity index is 320. The molecule has 1 aromatic rings. The van der Waals surface area contributed by atoms with Crippen LogP contribution >= 0.6 is 0 Å². The van der Waals surface area contributed by atoms with Crippen molar-refractivity contribution in [1.82, 2.24) is 0 Å². The predicted molar refractivity (Wildman–Crippen MR) is 72.3 cm³/mol. The molecule has 1 saturated carbocycles. The fraction of sp³-hybridized carbons (Fsp3) is 0.625. The lowest BCUT2D eigenvalue weighted by molar-refractivity contribution is 0.304. The Morgan fingerprint density at radius 1 is 1.06 bits per heavy atom. The lowest BCUT2D eigenvalue weighted by Gasteiger charge is -2.28. The highest BCUT2D eigenvalue weighted by molar-refractivity contribution is 5.28. The molecule has 17 heavy (non-hydrogen) atoms. The van der Waals surface area contributed by atoms with Gasteiger partial charge >= 0.3 is 0 Å². The van der Waals surface area contributed by atoms with E-state index in [9.17, 15) is 5.11 Å². The quantitative estimate of drug-likeness (QED) is 0.786. The lowest BCUT2D eigenvalue weighted by Crippen LogP contribution is -2.13. The third kappa shape index (κ3) is 3.49. The number of rotatable bonds is 4. The second kappa shape index (κ2) is 6.09. The Balaban J connectivity index is 1.84.